The summed E-state index contributed by atoms with van der Waals surface area (Å²) in [5, 5.41) is 0. The lowest BCUT2D eigenvalue weighted by Gasteiger charge is -1.81. The van der Waals surface area contributed by atoms with Crippen LogP contribution in [0.15, 0.2) is 34.5 Å². The van der Waals surface area contributed by atoms with E-state index in [4.69, 9.17) is 0 Å². The molecule has 0 aliphatic rings. The molecule has 0 amide bonds. The summed E-state index contributed by atoms with van der Waals surface area (Å²) in [7, 11) is 0. The Morgan fingerprint density at radius 3 is 2.56 bits per heavy atom. The molecule has 0 saturated heterocycles. The number of aldehydes is 1. The number of hydrogen-bond acceptors (Lipinski definition) is 1. The van der Waals surface area contributed by atoms with Gasteiger partial charge in [0.2, 0.25) is 0 Å². The van der Waals surface area contributed by atoms with E-state index >= 15 is 0 Å². The molecule has 1 nitrogen and oxygen atoms in total. The first kappa shape index (κ1) is 8.62. The van der Waals surface area contributed by atoms with Crippen LogP contribution in [0.1, 0.15) is 0 Å². The van der Waals surface area contributed by atoms with Gasteiger partial charge < -0.3 is 0 Å². The number of halogens is 1. The fourth-order valence-electron chi connectivity index (χ4n) is 0.343. The van der Waals surface area contributed by atoms with Gasteiger partial charge in [0.15, 0.2) is 0 Å². The second kappa shape index (κ2) is 5.75. The van der Waals surface area contributed by atoms with Crippen molar-refractivity contribution in [3.05, 3.63) is 34.5 Å². The molecule has 0 saturated carbocycles. The van der Waals surface area contributed by atoms with Gasteiger partial charge in [-0.2, -0.15) is 0 Å². The van der Waals surface area contributed by atoms with Crippen molar-refractivity contribution in [3.63, 3.8) is 0 Å². The molecule has 48 valence electrons. The van der Waals surface area contributed by atoms with Crippen molar-refractivity contribution in [2.24, 2.45) is 0 Å². The lowest BCUT2D eigenvalue weighted by atomic mass is 10.3. The summed E-state index contributed by atoms with van der Waals surface area (Å²) in [6.07, 6.45) is 5.74. The maximum Gasteiger partial charge on any atom is 0.150 e. The van der Waals surface area contributed by atoms with E-state index in [-0.39, 0.29) is 0 Å². The van der Waals surface area contributed by atoms with Crippen molar-refractivity contribution in [1.82, 2.24) is 0 Å². The van der Waals surface area contributed by atoms with Crippen LogP contribution in [0.3, 0.4) is 0 Å². The average Bonchev–Trinajstić information content (AvgIpc) is 1.88. The van der Waals surface area contributed by atoms with Gasteiger partial charge in [0.1, 0.15) is 6.29 Å². The molecule has 0 aliphatic carbocycles. The van der Waals surface area contributed by atoms with Gasteiger partial charge >= 0.3 is 0 Å². The number of carbonyl (C=O) groups is 1. The highest BCUT2D eigenvalue weighted by Gasteiger charge is 1.81. The Hall–Kier alpha value is -0.380. The van der Waals surface area contributed by atoms with Gasteiger partial charge in [0, 0.05) is 5.57 Å². The molecule has 0 unspecified atom stereocenters. The molecule has 0 spiro atoms. The van der Waals surface area contributed by atoms with Crippen molar-refractivity contribution in [2.75, 3.05) is 0 Å². The van der Waals surface area contributed by atoms with Gasteiger partial charge in [-0.25, -0.2) is 0 Å². The Balaban J connectivity index is 4.13. The average molecular weight is 234 g/mol. The van der Waals surface area contributed by atoms with E-state index in [1.54, 1.807) is 22.3 Å². The summed E-state index contributed by atoms with van der Waals surface area (Å²) in [6.45, 7) is 3.46. The van der Waals surface area contributed by atoms with Crippen molar-refractivity contribution in [2.45, 2.75) is 0 Å². The number of rotatable bonds is 3. The molecular formula is C7H7IO. The predicted octanol–water partition coefficient (Wildman–Crippen LogP) is 2.25. The van der Waals surface area contributed by atoms with Gasteiger partial charge in [-0.1, -0.05) is 41.3 Å². The van der Waals surface area contributed by atoms with Crippen LogP contribution in [0.5, 0.6) is 0 Å². The van der Waals surface area contributed by atoms with Crippen molar-refractivity contribution < 1.29 is 4.79 Å². The van der Waals surface area contributed by atoms with Crippen LogP contribution in [0, 0.1) is 0 Å². The molecular weight excluding hydrogens is 227 g/mol. The molecule has 9 heavy (non-hydrogen) atoms. The summed E-state index contributed by atoms with van der Waals surface area (Å²) < 4.78 is 1.78. The minimum Gasteiger partial charge on any atom is -0.298 e. The highest BCUT2D eigenvalue weighted by Crippen LogP contribution is 1.95. The summed E-state index contributed by atoms with van der Waals surface area (Å²) in [5.41, 5.74) is 0.638. The topological polar surface area (TPSA) is 17.1 Å². The minimum absolute atomic E-state index is 0.638. The Morgan fingerprint density at radius 2 is 2.22 bits per heavy atom. The maximum atomic E-state index is 10.1. The van der Waals surface area contributed by atoms with E-state index in [0.717, 1.165) is 6.29 Å². The SMILES string of the molecule is C=C/C=C(C=O)\C=C/I. The molecule has 0 N–H and O–H groups in total. The fraction of sp³-hybridized carbons (Fsp3) is 0. The summed E-state index contributed by atoms with van der Waals surface area (Å²) in [6, 6.07) is 0. The van der Waals surface area contributed by atoms with Gasteiger partial charge in [-0.3, -0.25) is 4.79 Å². The monoisotopic (exact) mass is 234 g/mol. The third kappa shape index (κ3) is 4.14. The molecule has 0 aromatic heterocycles. The Morgan fingerprint density at radius 1 is 1.56 bits per heavy atom. The van der Waals surface area contributed by atoms with Crippen LogP contribution in [0.25, 0.3) is 0 Å². The Kier molecular flexibility index (Phi) is 5.51. The van der Waals surface area contributed by atoms with Crippen LogP contribution in [0.2, 0.25) is 0 Å². The van der Waals surface area contributed by atoms with E-state index in [2.05, 4.69) is 29.2 Å². The first-order valence-electron chi connectivity index (χ1n) is 2.39. The molecule has 0 bridgehead atoms. The lowest BCUT2D eigenvalue weighted by molar-refractivity contribution is -0.104. The summed E-state index contributed by atoms with van der Waals surface area (Å²) in [4.78, 5) is 10.1. The summed E-state index contributed by atoms with van der Waals surface area (Å²) >= 11 is 2.05. The molecule has 0 radical (unpaired) electrons. The van der Waals surface area contributed by atoms with Gasteiger partial charge in [0.05, 0.1) is 0 Å². The first-order valence-corrected chi connectivity index (χ1v) is 3.64. The van der Waals surface area contributed by atoms with Crippen molar-refractivity contribution in [1.29, 1.82) is 0 Å². The second-order valence-electron chi connectivity index (χ2n) is 1.31. The number of allylic oxidation sites excluding steroid dienone is 4. The molecule has 0 heterocycles. The van der Waals surface area contributed by atoms with Gasteiger partial charge in [0.25, 0.3) is 0 Å². The number of hydrogen-bond donors (Lipinski definition) is 0. The third-order valence-corrected chi connectivity index (χ3v) is 1.06. The third-order valence-electron chi connectivity index (χ3n) is 0.702. The predicted molar refractivity (Wildman–Crippen MR) is 47.5 cm³/mol. The van der Waals surface area contributed by atoms with E-state index in [1.165, 1.54) is 0 Å². The molecule has 0 aromatic rings. The molecule has 2 heteroatoms. The van der Waals surface area contributed by atoms with Crippen molar-refractivity contribution >= 4 is 28.9 Å². The second-order valence-corrected chi connectivity index (χ2v) is 2.03. The van der Waals surface area contributed by atoms with Gasteiger partial charge in [-0.05, 0) is 10.2 Å². The lowest BCUT2D eigenvalue weighted by Crippen LogP contribution is -1.74. The highest BCUT2D eigenvalue weighted by molar-refractivity contribution is 14.1. The maximum absolute atomic E-state index is 10.1. The first-order chi connectivity index (χ1) is 4.35. The number of carbonyl (C=O) groups excluding carboxylic acids is 1. The van der Waals surface area contributed by atoms with E-state index in [1.807, 2.05) is 0 Å². The molecule has 0 fully saturated rings. The zero-order chi connectivity index (χ0) is 7.11. The molecule has 0 aromatic carbocycles. The summed E-state index contributed by atoms with van der Waals surface area (Å²) in [5.74, 6) is 0. The van der Waals surface area contributed by atoms with Crippen molar-refractivity contribution in [3.8, 4) is 0 Å². The molecule has 0 aliphatic heterocycles. The van der Waals surface area contributed by atoms with Crippen LogP contribution in [0.4, 0.5) is 0 Å². The standard InChI is InChI=1S/C7H7IO/c1-2-3-7(6-9)4-5-8/h2-6H,1H2/b5-4-,7-3+. The minimum atomic E-state index is 0.638. The van der Waals surface area contributed by atoms with E-state index in [0.29, 0.717) is 5.57 Å². The zero-order valence-corrected chi connectivity index (χ0v) is 7.04. The normalized spacial score (nSPS) is 11.9. The van der Waals surface area contributed by atoms with Gasteiger partial charge in [-0.15, -0.1) is 0 Å². The van der Waals surface area contributed by atoms with Crippen LogP contribution < -0.4 is 0 Å². The van der Waals surface area contributed by atoms with E-state index in [9.17, 15) is 4.79 Å². The quantitative estimate of drug-likeness (QED) is 0.317. The van der Waals surface area contributed by atoms with E-state index < -0.39 is 0 Å². The molecule has 0 rings (SSSR count). The zero-order valence-electron chi connectivity index (χ0n) is 4.88. The highest BCUT2D eigenvalue weighted by atomic mass is 127. The Bertz CT molecular complexity index is 156. The van der Waals surface area contributed by atoms with Crippen LogP contribution >= 0.6 is 22.6 Å². The smallest absolute Gasteiger partial charge is 0.150 e. The Labute approximate surface area is 68.3 Å². The van der Waals surface area contributed by atoms with Crippen LogP contribution in [-0.4, -0.2) is 6.29 Å². The van der Waals surface area contributed by atoms with Crippen LogP contribution in [-0.2, 0) is 4.79 Å². The molecule has 0 atom stereocenters. The fourth-order valence-corrected chi connectivity index (χ4v) is 0.758. The largest absolute Gasteiger partial charge is 0.298 e.